The van der Waals surface area contributed by atoms with Crippen LogP contribution in [0.25, 0.3) is 0 Å². The van der Waals surface area contributed by atoms with E-state index in [2.05, 4.69) is 65.2 Å². The van der Waals surface area contributed by atoms with Crippen LogP contribution in [0, 0.1) is 6.92 Å². The molecule has 4 heteroatoms. The van der Waals surface area contributed by atoms with Crippen molar-refractivity contribution < 1.29 is 0 Å². The summed E-state index contributed by atoms with van der Waals surface area (Å²) in [6.45, 7) is 8.85. The molecule has 2 rings (SSSR count). The first-order valence-electron chi connectivity index (χ1n) is 7.10. The van der Waals surface area contributed by atoms with Crippen LogP contribution in [0.1, 0.15) is 25.1 Å². The van der Waals surface area contributed by atoms with Gasteiger partial charge in [0.1, 0.15) is 0 Å². The summed E-state index contributed by atoms with van der Waals surface area (Å²) in [7, 11) is 0. The third kappa shape index (κ3) is 3.54. The summed E-state index contributed by atoms with van der Waals surface area (Å²) in [6.07, 6.45) is 3.63. The Hall–Kier alpha value is -1.94. The molecule has 0 aliphatic carbocycles. The molecule has 1 heterocycles. The van der Waals surface area contributed by atoms with E-state index >= 15 is 0 Å². The number of aryl methyl sites for hydroxylation is 1. The van der Waals surface area contributed by atoms with Gasteiger partial charge in [-0.05, 0) is 32.5 Å². The Morgan fingerprint density at radius 3 is 2.50 bits per heavy atom. The van der Waals surface area contributed by atoms with Crippen LogP contribution < -0.4 is 10.2 Å². The maximum Gasteiger partial charge on any atom is 0.151 e. The van der Waals surface area contributed by atoms with Crippen molar-refractivity contribution in [1.29, 1.82) is 0 Å². The highest BCUT2D eigenvalue weighted by Gasteiger charge is 2.09. The van der Waals surface area contributed by atoms with Crippen LogP contribution in [0.3, 0.4) is 0 Å². The van der Waals surface area contributed by atoms with Crippen LogP contribution in [0.5, 0.6) is 0 Å². The average Bonchev–Trinajstić information content (AvgIpc) is 2.48. The van der Waals surface area contributed by atoms with E-state index in [9.17, 15) is 0 Å². The first-order valence-corrected chi connectivity index (χ1v) is 7.10. The lowest BCUT2D eigenvalue weighted by Crippen LogP contribution is -2.19. The van der Waals surface area contributed by atoms with E-state index in [1.54, 1.807) is 0 Å². The molecule has 0 fully saturated rings. The van der Waals surface area contributed by atoms with Gasteiger partial charge in [-0.1, -0.05) is 24.6 Å². The van der Waals surface area contributed by atoms with Crippen molar-refractivity contribution in [3.8, 4) is 0 Å². The van der Waals surface area contributed by atoms with E-state index in [1.165, 1.54) is 5.56 Å². The van der Waals surface area contributed by atoms with Crippen molar-refractivity contribution in [3.63, 3.8) is 0 Å². The molecule has 0 aliphatic heterocycles. The third-order valence-electron chi connectivity index (χ3n) is 3.17. The van der Waals surface area contributed by atoms with Crippen LogP contribution in [0.15, 0.2) is 36.7 Å². The predicted molar refractivity (Wildman–Crippen MR) is 83.3 cm³/mol. The first-order chi connectivity index (χ1) is 9.74. The molecule has 1 N–H and O–H groups in total. The minimum atomic E-state index is 0.753. The van der Waals surface area contributed by atoms with Crippen molar-refractivity contribution >= 4 is 11.5 Å². The molecule has 0 atom stereocenters. The Balaban J connectivity index is 2.24. The van der Waals surface area contributed by atoms with Gasteiger partial charge in [-0.2, -0.15) is 0 Å². The fourth-order valence-corrected chi connectivity index (χ4v) is 2.06. The van der Waals surface area contributed by atoms with Crippen molar-refractivity contribution in [2.24, 2.45) is 0 Å². The second kappa shape index (κ2) is 7.01. The van der Waals surface area contributed by atoms with Gasteiger partial charge in [0, 0.05) is 25.0 Å². The number of nitrogens with one attached hydrogen (secondary N) is 1. The quantitative estimate of drug-likeness (QED) is 0.876. The van der Waals surface area contributed by atoms with E-state index in [1.807, 2.05) is 12.4 Å². The Morgan fingerprint density at radius 1 is 1.10 bits per heavy atom. The smallest absolute Gasteiger partial charge is 0.151 e. The maximum atomic E-state index is 4.68. The lowest BCUT2D eigenvalue weighted by Gasteiger charge is -2.22. The summed E-state index contributed by atoms with van der Waals surface area (Å²) in [4.78, 5) is 11.2. The van der Waals surface area contributed by atoms with Gasteiger partial charge < -0.3 is 10.2 Å². The minimum Gasteiger partial charge on any atom is -0.325 e. The highest BCUT2D eigenvalue weighted by molar-refractivity contribution is 5.59. The number of nitrogens with zero attached hydrogens (tertiary/aromatic N) is 3. The molecule has 0 aliphatic rings. The maximum absolute atomic E-state index is 4.68. The predicted octanol–water partition coefficient (Wildman–Crippen LogP) is 3.05. The molecular weight excluding hydrogens is 248 g/mol. The number of hydrogen-bond donors (Lipinski definition) is 1. The molecule has 0 unspecified atom stereocenters. The second-order valence-electron chi connectivity index (χ2n) is 4.73. The zero-order valence-corrected chi connectivity index (χ0v) is 12.4. The SMILES string of the molecule is CCNCc1cncc(N(CC)c2ccc(C)cc2)n1. The number of anilines is 2. The van der Waals surface area contributed by atoms with E-state index in [4.69, 9.17) is 0 Å². The number of rotatable bonds is 6. The van der Waals surface area contributed by atoms with Gasteiger partial charge in [-0.3, -0.25) is 4.98 Å². The van der Waals surface area contributed by atoms with Gasteiger partial charge >= 0.3 is 0 Å². The van der Waals surface area contributed by atoms with Crippen LogP contribution in [-0.2, 0) is 6.54 Å². The third-order valence-corrected chi connectivity index (χ3v) is 3.17. The zero-order chi connectivity index (χ0) is 14.4. The fourth-order valence-electron chi connectivity index (χ4n) is 2.06. The molecule has 0 bridgehead atoms. The number of benzene rings is 1. The normalized spacial score (nSPS) is 10.6. The van der Waals surface area contributed by atoms with Gasteiger partial charge in [0.05, 0.1) is 11.9 Å². The van der Waals surface area contributed by atoms with Crippen molar-refractivity contribution in [2.45, 2.75) is 27.3 Å². The Labute approximate surface area is 120 Å². The second-order valence-corrected chi connectivity index (χ2v) is 4.73. The Kier molecular flexibility index (Phi) is 5.07. The van der Waals surface area contributed by atoms with Crippen molar-refractivity contribution in [3.05, 3.63) is 47.9 Å². The molecule has 0 saturated heterocycles. The summed E-state index contributed by atoms with van der Waals surface area (Å²) < 4.78 is 0. The summed E-state index contributed by atoms with van der Waals surface area (Å²) in [5.41, 5.74) is 3.37. The van der Waals surface area contributed by atoms with Crippen LogP contribution >= 0.6 is 0 Å². The summed E-state index contributed by atoms with van der Waals surface area (Å²) in [5, 5.41) is 3.27. The zero-order valence-electron chi connectivity index (χ0n) is 12.4. The van der Waals surface area contributed by atoms with E-state index < -0.39 is 0 Å². The van der Waals surface area contributed by atoms with Gasteiger partial charge in [0.2, 0.25) is 0 Å². The Morgan fingerprint density at radius 2 is 1.85 bits per heavy atom. The number of aromatic nitrogens is 2. The summed E-state index contributed by atoms with van der Waals surface area (Å²) in [6, 6.07) is 8.48. The monoisotopic (exact) mass is 270 g/mol. The lowest BCUT2D eigenvalue weighted by atomic mass is 10.2. The molecule has 0 saturated carbocycles. The molecule has 106 valence electrons. The summed E-state index contributed by atoms with van der Waals surface area (Å²) in [5.74, 6) is 0.895. The highest BCUT2D eigenvalue weighted by Crippen LogP contribution is 2.23. The van der Waals surface area contributed by atoms with Crippen LogP contribution in [-0.4, -0.2) is 23.1 Å². The average molecular weight is 270 g/mol. The summed E-state index contributed by atoms with van der Waals surface area (Å²) >= 11 is 0. The molecule has 0 spiro atoms. The molecule has 0 radical (unpaired) electrons. The first kappa shape index (κ1) is 14.5. The topological polar surface area (TPSA) is 41.1 Å². The lowest BCUT2D eigenvalue weighted by molar-refractivity contribution is 0.706. The highest BCUT2D eigenvalue weighted by atomic mass is 15.2. The molecular formula is C16H22N4. The molecule has 0 amide bonds. The van der Waals surface area contributed by atoms with Crippen LogP contribution in [0.4, 0.5) is 11.5 Å². The van der Waals surface area contributed by atoms with Gasteiger partial charge in [-0.25, -0.2) is 4.98 Å². The molecule has 20 heavy (non-hydrogen) atoms. The minimum absolute atomic E-state index is 0.753. The van der Waals surface area contributed by atoms with Crippen molar-refractivity contribution in [2.75, 3.05) is 18.0 Å². The van der Waals surface area contributed by atoms with E-state index in [-0.39, 0.29) is 0 Å². The van der Waals surface area contributed by atoms with E-state index in [0.717, 1.165) is 36.8 Å². The molecule has 1 aromatic carbocycles. The number of hydrogen-bond acceptors (Lipinski definition) is 4. The van der Waals surface area contributed by atoms with Crippen molar-refractivity contribution in [1.82, 2.24) is 15.3 Å². The van der Waals surface area contributed by atoms with Crippen LogP contribution in [0.2, 0.25) is 0 Å². The van der Waals surface area contributed by atoms with E-state index in [0.29, 0.717) is 0 Å². The standard InChI is InChI=1S/C16H22N4/c1-4-17-10-14-11-18-12-16(19-14)20(5-2)15-8-6-13(3)7-9-15/h6-9,11-12,17H,4-5,10H2,1-3H3. The molecule has 1 aromatic heterocycles. The van der Waals surface area contributed by atoms with Gasteiger partial charge in [0.15, 0.2) is 5.82 Å². The fraction of sp³-hybridized carbons (Fsp3) is 0.375. The van der Waals surface area contributed by atoms with Gasteiger partial charge in [0.25, 0.3) is 0 Å². The Bertz CT molecular complexity index is 536. The molecule has 2 aromatic rings. The van der Waals surface area contributed by atoms with Gasteiger partial charge in [-0.15, -0.1) is 0 Å². The largest absolute Gasteiger partial charge is 0.325 e. The molecule has 4 nitrogen and oxygen atoms in total.